The van der Waals surface area contributed by atoms with Crippen LogP contribution in [0.15, 0.2) is 65.6 Å². The van der Waals surface area contributed by atoms with Crippen molar-refractivity contribution in [2.75, 3.05) is 19.6 Å². The zero-order valence-electron chi connectivity index (χ0n) is 19.5. The van der Waals surface area contributed by atoms with Gasteiger partial charge in [0.15, 0.2) is 0 Å². The second-order valence-corrected chi connectivity index (χ2v) is 10.7. The maximum absolute atomic E-state index is 12.7. The Morgan fingerprint density at radius 1 is 0.971 bits per heavy atom. The van der Waals surface area contributed by atoms with Gasteiger partial charge in [-0.05, 0) is 55.2 Å². The van der Waals surface area contributed by atoms with Crippen LogP contribution in [0.3, 0.4) is 0 Å². The van der Waals surface area contributed by atoms with E-state index in [-0.39, 0.29) is 11.8 Å². The number of unbranched alkanes of at least 4 members (excludes halogenated alkanes) is 2. The summed E-state index contributed by atoms with van der Waals surface area (Å²) in [7, 11) is 0. The van der Waals surface area contributed by atoms with Crippen LogP contribution < -0.4 is 0 Å². The molecule has 2 saturated heterocycles. The van der Waals surface area contributed by atoms with Gasteiger partial charge in [-0.25, -0.2) is 0 Å². The molecule has 0 bridgehead atoms. The summed E-state index contributed by atoms with van der Waals surface area (Å²) in [4.78, 5) is 29.8. The molecular formula is C28H32N2O2S2. The summed E-state index contributed by atoms with van der Waals surface area (Å²) in [5.74, 6) is 0.940. The molecule has 0 N–H and O–H groups in total. The van der Waals surface area contributed by atoms with Crippen LogP contribution >= 0.6 is 24.0 Å². The van der Waals surface area contributed by atoms with Gasteiger partial charge in [0.1, 0.15) is 4.32 Å². The van der Waals surface area contributed by atoms with Gasteiger partial charge in [0.05, 0.1) is 4.91 Å². The third-order valence-corrected chi connectivity index (χ3v) is 7.96. The van der Waals surface area contributed by atoms with Crippen molar-refractivity contribution in [3.05, 3.63) is 76.7 Å². The zero-order chi connectivity index (χ0) is 23.8. The minimum absolute atomic E-state index is 0.00620. The van der Waals surface area contributed by atoms with Gasteiger partial charge in [-0.2, -0.15) is 0 Å². The lowest BCUT2D eigenvalue weighted by Gasteiger charge is -2.32. The molecule has 0 atom stereocenters. The highest BCUT2D eigenvalue weighted by Gasteiger charge is 2.31. The quantitative estimate of drug-likeness (QED) is 0.247. The van der Waals surface area contributed by atoms with Crippen LogP contribution in [0.5, 0.6) is 0 Å². The second-order valence-electron chi connectivity index (χ2n) is 9.07. The fourth-order valence-electron chi connectivity index (χ4n) is 4.61. The van der Waals surface area contributed by atoms with Crippen molar-refractivity contribution in [1.82, 2.24) is 9.80 Å². The molecule has 2 fully saturated rings. The first kappa shape index (κ1) is 24.7. The van der Waals surface area contributed by atoms with Crippen molar-refractivity contribution in [2.45, 2.75) is 44.9 Å². The maximum atomic E-state index is 12.7. The highest BCUT2D eigenvalue weighted by molar-refractivity contribution is 8.26. The van der Waals surface area contributed by atoms with Crippen molar-refractivity contribution >= 4 is 46.2 Å². The van der Waals surface area contributed by atoms with Crippen LogP contribution in [0.2, 0.25) is 0 Å². The van der Waals surface area contributed by atoms with E-state index in [0.717, 1.165) is 57.2 Å². The lowest BCUT2D eigenvalue weighted by molar-refractivity contribution is -0.132. The van der Waals surface area contributed by atoms with Gasteiger partial charge in [-0.15, -0.1) is 0 Å². The van der Waals surface area contributed by atoms with Crippen molar-refractivity contribution in [3.63, 3.8) is 0 Å². The number of thioether (sulfide) groups is 1. The van der Waals surface area contributed by atoms with Crippen molar-refractivity contribution in [3.8, 4) is 0 Å². The van der Waals surface area contributed by atoms with Crippen LogP contribution in [-0.4, -0.2) is 45.6 Å². The van der Waals surface area contributed by atoms with E-state index in [2.05, 4.69) is 30.3 Å². The number of amides is 2. The number of hydrogen-bond donors (Lipinski definition) is 0. The van der Waals surface area contributed by atoms with Gasteiger partial charge in [0.25, 0.3) is 5.91 Å². The third-order valence-electron chi connectivity index (χ3n) is 6.58. The maximum Gasteiger partial charge on any atom is 0.266 e. The van der Waals surface area contributed by atoms with E-state index in [4.69, 9.17) is 12.2 Å². The van der Waals surface area contributed by atoms with Crippen molar-refractivity contribution in [1.29, 1.82) is 0 Å². The highest BCUT2D eigenvalue weighted by atomic mass is 32.2. The molecule has 178 valence electrons. The fraction of sp³-hybridized carbons (Fsp3) is 0.393. The Morgan fingerprint density at radius 2 is 1.65 bits per heavy atom. The molecule has 0 aromatic heterocycles. The number of hydrogen-bond acceptors (Lipinski definition) is 4. The molecule has 2 heterocycles. The lowest BCUT2D eigenvalue weighted by Crippen LogP contribution is -2.38. The Labute approximate surface area is 212 Å². The highest BCUT2D eigenvalue weighted by Crippen LogP contribution is 2.32. The van der Waals surface area contributed by atoms with Gasteiger partial charge < -0.3 is 4.90 Å². The summed E-state index contributed by atoms with van der Waals surface area (Å²) in [5.41, 5.74) is 2.40. The van der Waals surface area contributed by atoms with E-state index in [0.29, 0.717) is 28.1 Å². The number of piperidine rings is 1. The molecule has 2 aromatic rings. The Hall–Kier alpha value is -2.44. The van der Waals surface area contributed by atoms with Crippen LogP contribution in [0.1, 0.15) is 49.7 Å². The number of carbonyl (C=O) groups excluding carboxylic acids is 2. The fourth-order valence-corrected chi connectivity index (χ4v) is 5.92. The normalized spacial score (nSPS) is 18.2. The standard InChI is InChI=1S/C28H32N2O2S2/c31-26(29-18-15-24(16-19-29)20-22-10-4-1-5-11-22)14-8-3-9-17-30-27(32)25(34-28(30)33)21-23-12-6-2-7-13-23/h1-2,4-7,10-13,21,24H,3,8-9,14-20H2/b25-21-. The van der Waals surface area contributed by atoms with E-state index >= 15 is 0 Å². The summed E-state index contributed by atoms with van der Waals surface area (Å²) in [5, 5.41) is 0. The Balaban J connectivity index is 1.13. The van der Waals surface area contributed by atoms with Crippen LogP contribution in [-0.2, 0) is 16.0 Å². The molecule has 6 heteroatoms. The number of carbonyl (C=O) groups is 2. The third kappa shape index (κ3) is 6.80. The molecule has 0 saturated carbocycles. The largest absolute Gasteiger partial charge is 0.343 e. The van der Waals surface area contributed by atoms with Gasteiger partial charge in [0, 0.05) is 26.1 Å². The van der Waals surface area contributed by atoms with Gasteiger partial charge in [-0.1, -0.05) is 91.1 Å². The number of nitrogens with zero attached hydrogens (tertiary/aromatic N) is 2. The molecule has 34 heavy (non-hydrogen) atoms. The van der Waals surface area contributed by atoms with Crippen LogP contribution in [0.25, 0.3) is 6.08 Å². The SMILES string of the molecule is O=C(CCCCCN1C(=O)/C(=C/c2ccccc2)SC1=S)N1CCC(Cc2ccccc2)CC1. The molecule has 2 aliphatic heterocycles. The Morgan fingerprint density at radius 3 is 2.35 bits per heavy atom. The summed E-state index contributed by atoms with van der Waals surface area (Å²) in [6.45, 7) is 2.37. The first-order valence-corrected chi connectivity index (χ1v) is 13.4. The molecule has 2 aromatic carbocycles. The van der Waals surface area contributed by atoms with Crippen LogP contribution in [0.4, 0.5) is 0 Å². The van der Waals surface area contributed by atoms with Crippen molar-refractivity contribution < 1.29 is 9.59 Å². The molecule has 0 unspecified atom stereocenters. The minimum Gasteiger partial charge on any atom is -0.343 e. The topological polar surface area (TPSA) is 40.6 Å². The first-order valence-electron chi connectivity index (χ1n) is 12.2. The minimum atomic E-state index is -0.00620. The van der Waals surface area contributed by atoms with E-state index in [1.54, 1.807) is 4.90 Å². The molecule has 2 aliphatic rings. The number of likely N-dealkylation sites (tertiary alicyclic amines) is 1. The number of benzene rings is 2. The number of thiocarbonyl (C=S) groups is 1. The van der Waals surface area contributed by atoms with Crippen molar-refractivity contribution in [2.24, 2.45) is 5.92 Å². The summed E-state index contributed by atoms with van der Waals surface area (Å²) in [6.07, 6.45) is 8.42. The zero-order valence-corrected chi connectivity index (χ0v) is 21.2. The van der Waals surface area contributed by atoms with Gasteiger partial charge >= 0.3 is 0 Å². The smallest absolute Gasteiger partial charge is 0.266 e. The molecule has 0 aliphatic carbocycles. The first-order chi connectivity index (χ1) is 16.6. The average Bonchev–Trinajstić information content (AvgIpc) is 3.12. The molecule has 0 radical (unpaired) electrons. The summed E-state index contributed by atoms with van der Waals surface area (Å²) < 4.78 is 0.627. The predicted molar refractivity (Wildman–Crippen MR) is 144 cm³/mol. The molecule has 4 rings (SSSR count). The van der Waals surface area contributed by atoms with E-state index in [1.807, 2.05) is 41.3 Å². The molecule has 0 spiro atoms. The Kier molecular flexibility index (Phi) is 8.94. The van der Waals surface area contributed by atoms with E-state index < -0.39 is 0 Å². The van der Waals surface area contributed by atoms with Gasteiger partial charge in [-0.3, -0.25) is 14.5 Å². The molecule has 2 amide bonds. The monoisotopic (exact) mass is 492 g/mol. The summed E-state index contributed by atoms with van der Waals surface area (Å²) >= 11 is 6.81. The number of rotatable bonds is 9. The predicted octanol–water partition coefficient (Wildman–Crippen LogP) is 5.93. The second kappa shape index (κ2) is 12.3. The lowest BCUT2D eigenvalue weighted by atomic mass is 9.90. The van der Waals surface area contributed by atoms with E-state index in [9.17, 15) is 9.59 Å². The van der Waals surface area contributed by atoms with E-state index in [1.165, 1.54) is 17.3 Å². The molecule has 4 nitrogen and oxygen atoms in total. The molecular weight excluding hydrogens is 460 g/mol. The van der Waals surface area contributed by atoms with Crippen LogP contribution in [0, 0.1) is 5.92 Å². The average molecular weight is 493 g/mol. The Bertz CT molecular complexity index is 1020. The summed E-state index contributed by atoms with van der Waals surface area (Å²) in [6, 6.07) is 20.5. The van der Waals surface area contributed by atoms with Gasteiger partial charge in [0.2, 0.25) is 5.91 Å².